The van der Waals surface area contributed by atoms with Gasteiger partial charge in [0.1, 0.15) is 0 Å². The second-order valence-corrected chi connectivity index (χ2v) is 13.3. The predicted octanol–water partition coefficient (Wildman–Crippen LogP) is 8.20. The van der Waals surface area contributed by atoms with Crippen LogP contribution in [0.5, 0.6) is 0 Å². The van der Waals surface area contributed by atoms with E-state index in [9.17, 15) is 9.90 Å². The number of aliphatic carboxylic acids is 1. The van der Waals surface area contributed by atoms with Gasteiger partial charge in [-0.2, -0.15) is 0 Å². The van der Waals surface area contributed by atoms with Crippen LogP contribution in [0.15, 0.2) is 0 Å². The third-order valence-corrected chi connectivity index (χ3v) is 11.7. The molecule has 1 N–H and O–H groups in total. The van der Waals surface area contributed by atoms with E-state index in [4.69, 9.17) is 0 Å². The van der Waals surface area contributed by atoms with Crippen molar-refractivity contribution in [3.05, 3.63) is 0 Å². The Morgan fingerprint density at radius 3 is 2.32 bits per heavy atom. The van der Waals surface area contributed by atoms with Gasteiger partial charge in [0.2, 0.25) is 0 Å². The summed E-state index contributed by atoms with van der Waals surface area (Å²) in [4.78, 5) is 11.3. The Hall–Kier alpha value is -0.530. The van der Waals surface area contributed by atoms with Gasteiger partial charge in [-0.15, -0.1) is 0 Å². The molecule has 0 radical (unpaired) electrons. The van der Waals surface area contributed by atoms with Crippen molar-refractivity contribution in [2.24, 2.45) is 58.2 Å². The van der Waals surface area contributed by atoms with E-state index < -0.39 is 5.97 Å². The lowest BCUT2D eigenvalue weighted by Gasteiger charge is -2.61. The number of hydrogen-bond donors (Lipinski definition) is 1. The topological polar surface area (TPSA) is 37.3 Å². The van der Waals surface area contributed by atoms with Gasteiger partial charge in [0.05, 0.1) is 0 Å². The molecule has 1 unspecified atom stereocenters. The highest BCUT2D eigenvalue weighted by atomic mass is 16.4. The number of carboxylic acid groups (broad SMARTS) is 1. The van der Waals surface area contributed by atoms with E-state index in [0.29, 0.717) is 29.1 Å². The third kappa shape index (κ3) is 4.23. The van der Waals surface area contributed by atoms with Gasteiger partial charge in [0, 0.05) is 6.42 Å². The molecule has 2 nitrogen and oxygen atoms in total. The fourth-order valence-electron chi connectivity index (χ4n) is 9.84. The van der Waals surface area contributed by atoms with Crippen LogP contribution < -0.4 is 0 Å². The van der Waals surface area contributed by atoms with E-state index in [1.165, 1.54) is 70.6 Å². The molecule has 178 valence electrons. The van der Waals surface area contributed by atoms with Crippen molar-refractivity contribution in [1.82, 2.24) is 0 Å². The van der Waals surface area contributed by atoms with Crippen molar-refractivity contribution >= 4 is 5.97 Å². The molecule has 4 saturated carbocycles. The molecule has 0 amide bonds. The van der Waals surface area contributed by atoms with Crippen molar-refractivity contribution in [3.63, 3.8) is 0 Å². The van der Waals surface area contributed by atoms with E-state index in [1.54, 1.807) is 0 Å². The highest BCUT2D eigenvalue weighted by Crippen LogP contribution is 2.68. The molecule has 4 aliphatic carbocycles. The first-order valence-corrected chi connectivity index (χ1v) is 13.9. The highest BCUT2D eigenvalue weighted by molar-refractivity contribution is 5.67. The molecule has 4 rings (SSSR count). The molecule has 4 fully saturated rings. The second-order valence-electron chi connectivity index (χ2n) is 13.3. The van der Waals surface area contributed by atoms with Gasteiger partial charge < -0.3 is 5.11 Å². The summed E-state index contributed by atoms with van der Waals surface area (Å²) in [6.45, 7) is 12.3. The van der Waals surface area contributed by atoms with E-state index in [2.05, 4.69) is 34.6 Å². The Morgan fingerprint density at radius 2 is 1.61 bits per heavy atom. The zero-order valence-electron chi connectivity index (χ0n) is 21.2. The van der Waals surface area contributed by atoms with Crippen LogP contribution in [0, 0.1) is 58.2 Å². The Bertz CT molecular complexity index is 641. The molecular formula is C29H50O2. The van der Waals surface area contributed by atoms with Crippen LogP contribution in [0.4, 0.5) is 0 Å². The molecule has 0 spiro atoms. The molecular weight excluding hydrogens is 380 g/mol. The summed E-state index contributed by atoms with van der Waals surface area (Å²) in [5.41, 5.74) is 1.19. The zero-order chi connectivity index (χ0) is 22.4. The summed E-state index contributed by atoms with van der Waals surface area (Å²) in [5, 5.41) is 9.32. The summed E-state index contributed by atoms with van der Waals surface area (Å²) >= 11 is 0. The number of carboxylic acids is 1. The van der Waals surface area contributed by atoms with Gasteiger partial charge in [-0.25, -0.2) is 0 Å². The average molecular weight is 431 g/mol. The summed E-state index contributed by atoms with van der Waals surface area (Å²) in [6, 6.07) is 0. The number of hydrogen-bond acceptors (Lipinski definition) is 1. The number of fused-ring (bicyclic) bond motifs is 5. The Labute approximate surface area is 192 Å². The first-order valence-electron chi connectivity index (χ1n) is 13.9. The van der Waals surface area contributed by atoms with Gasteiger partial charge in [-0.1, -0.05) is 53.9 Å². The molecule has 0 aromatic carbocycles. The van der Waals surface area contributed by atoms with Gasteiger partial charge in [-0.05, 0) is 116 Å². The molecule has 0 bridgehead atoms. The minimum absolute atomic E-state index is 0.335. The third-order valence-electron chi connectivity index (χ3n) is 11.7. The molecule has 0 heterocycles. The maximum atomic E-state index is 11.3. The van der Waals surface area contributed by atoms with E-state index in [-0.39, 0.29) is 0 Å². The largest absolute Gasteiger partial charge is 0.481 e. The van der Waals surface area contributed by atoms with E-state index in [1.807, 2.05) is 0 Å². The Morgan fingerprint density at radius 1 is 0.871 bits per heavy atom. The van der Waals surface area contributed by atoms with E-state index in [0.717, 1.165) is 41.9 Å². The highest BCUT2D eigenvalue weighted by Gasteiger charge is 2.60. The quantitative estimate of drug-likeness (QED) is 0.442. The Balaban J connectivity index is 1.43. The van der Waals surface area contributed by atoms with Crippen LogP contribution in [0.1, 0.15) is 118 Å². The van der Waals surface area contributed by atoms with Crippen LogP contribution in [0.2, 0.25) is 0 Å². The Kier molecular flexibility index (Phi) is 6.87. The first-order chi connectivity index (χ1) is 14.7. The van der Waals surface area contributed by atoms with Crippen molar-refractivity contribution in [2.75, 3.05) is 0 Å². The fraction of sp³-hybridized carbons (Fsp3) is 0.966. The molecule has 9 atom stereocenters. The minimum atomic E-state index is -0.621. The smallest absolute Gasteiger partial charge is 0.303 e. The molecule has 31 heavy (non-hydrogen) atoms. The molecule has 0 aliphatic heterocycles. The van der Waals surface area contributed by atoms with Crippen LogP contribution in [0.3, 0.4) is 0 Å². The summed E-state index contributed by atoms with van der Waals surface area (Å²) < 4.78 is 0. The van der Waals surface area contributed by atoms with Crippen molar-refractivity contribution in [2.45, 2.75) is 118 Å². The molecule has 4 aliphatic rings. The molecule has 0 aromatic heterocycles. The van der Waals surface area contributed by atoms with Crippen molar-refractivity contribution in [3.8, 4) is 0 Å². The van der Waals surface area contributed by atoms with Gasteiger partial charge in [0.25, 0.3) is 0 Å². The summed E-state index contributed by atoms with van der Waals surface area (Å²) in [7, 11) is 0. The van der Waals surface area contributed by atoms with Gasteiger partial charge in [-0.3, -0.25) is 4.79 Å². The predicted molar refractivity (Wildman–Crippen MR) is 129 cm³/mol. The SMILES string of the molecule is CC(C)[C@@H](CC[C@@H](C)[C@H]1CC[C@H]2[C@@H]3CCC4CCCC[C@]4(C)[C@H]3CC[C@]12C)CC(=O)O. The second kappa shape index (κ2) is 9.02. The minimum Gasteiger partial charge on any atom is -0.481 e. The molecule has 2 heteroatoms. The average Bonchev–Trinajstić information content (AvgIpc) is 3.07. The van der Waals surface area contributed by atoms with Crippen LogP contribution in [-0.4, -0.2) is 11.1 Å². The normalized spacial score (nSPS) is 44.3. The maximum absolute atomic E-state index is 11.3. The van der Waals surface area contributed by atoms with Gasteiger partial charge >= 0.3 is 5.97 Å². The zero-order valence-corrected chi connectivity index (χ0v) is 21.2. The first kappa shape index (κ1) is 23.6. The van der Waals surface area contributed by atoms with Crippen molar-refractivity contribution in [1.29, 1.82) is 0 Å². The lowest BCUT2D eigenvalue weighted by atomic mass is 9.44. The van der Waals surface area contributed by atoms with E-state index >= 15 is 0 Å². The van der Waals surface area contributed by atoms with Crippen LogP contribution in [0.25, 0.3) is 0 Å². The monoisotopic (exact) mass is 430 g/mol. The van der Waals surface area contributed by atoms with Crippen LogP contribution in [-0.2, 0) is 4.79 Å². The summed E-state index contributed by atoms with van der Waals surface area (Å²) in [5.74, 6) is 5.74. The summed E-state index contributed by atoms with van der Waals surface area (Å²) in [6.07, 6.45) is 17.5. The maximum Gasteiger partial charge on any atom is 0.303 e. The van der Waals surface area contributed by atoms with Crippen LogP contribution >= 0.6 is 0 Å². The molecule has 0 aromatic rings. The number of carbonyl (C=O) groups is 1. The van der Waals surface area contributed by atoms with Gasteiger partial charge in [0.15, 0.2) is 0 Å². The fourth-order valence-corrected chi connectivity index (χ4v) is 9.84. The lowest BCUT2D eigenvalue weighted by Crippen LogP contribution is -2.53. The standard InChI is InChI=1S/C29H50O2/c1-19(2)21(18-27(30)31)10-9-20(3)24-13-14-25-23-12-11-22-8-6-7-16-28(22,4)26(23)15-17-29(24,25)5/h19-26H,6-18H2,1-5H3,(H,30,31)/t20-,21+,22?,23+,24-,25+,26+,28+,29-/m1/s1. The number of rotatable bonds is 7. The molecule has 0 saturated heterocycles. The van der Waals surface area contributed by atoms with Crippen molar-refractivity contribution < 1.29 is 9.90 Å². The lowest BCUT2D eigenvalue weighted by molar-refractivity contribution is -0.138.